The van der Waals surface area contributed by atoms with Gasteiger partial charge in [0.25, 0.3) is 0 Å². The highest BCUT2D eigenvalue weighted by Gasteiger charge is 2.52. The smallest absolute Gasteiger partial charge is 0.200 e. The molecule has 7 rings (SSSR count). The van der Waals surface area contributed by atoms with Crippen LogP contribution in [0.1, 0.15) is 48.0 Å². The first-order valence-electron chi connectivity index (χ1n) is 18.8. The Morgan fingerprint density at radius 3 is 0.955 bits per heavy atom. The first-order chi connectivity index (χ1) is 31.0. The number of hydrogen-bond donors (Lipinski definition) is 0. The van der Waals surface area contributed by atoms with Gasteiger partial charge in [-0.05, 0) is 12.8 Å². The van der Waals surface area contributed by atoms with E-state index in [4.69, 9.17) is 0 Å². The molecule has 5 aromatic carbocycles. The van der Waals surface area contributed by atoms with E-state index in [1.807, 2.05) is 30.6 Å². The zero-order valence-electron chi connectivity index (χ0n) is 32.5. The number of ketones is 1. The molecular weight excluding hydrogens is 937 g/mol. The van der Waals surface area contributed by atoms with Crippen LogP contribution in [-0.2, 0) is 6.54 Å². The molecule has 348 valence electrons. The van der Waals surface area contributed by atoms with Gasteiger partial charge in [0.2, 0.25) is 0 Å². The van der Waals surface area contributed by atoms with E-state index < -0.39 is 144 Å². The maximum absolute atomic E-state index is 15.4. The highest BCUT2D eigenvalue weighted by atomic mass is 19.2. The SMILES string of the molecule is Fc1c(F)c(F)c([B-](c2c(F)c(F)c(F)c(F)c2F)(c2c(F)c(F)c(F)c(F)c2F)c2c(F)c(F)c(F)c(F)c2F)c(F)c1F.O=C(c1cc[n+](Cc2ccccc2)cc1)C1CCCCC1. The van der Waals surface area contributed by atoms with E-state index in [0.717, 1.165) is 24.9 Å². The number of halogens is 20. The number of aromatic nitrogens is 1. The highest BCUT2D eigenvalue weighted by molar-refractivity contribution is 7.20. The number of benzene rings is 5. The van der Waals surface area contributed by atoms with Gasteiger partial charge in [0, 0.05) is 29.2 Å². The summed E-state index contributed by atoms with van der Waals surface area (Å²) in [5.74, 6) is -70.8. The van der Waals surface area contributed by atoms with Crippen LogP contribution in [-0.4, -0.2) is 11.9 Å². The van der Waals surface area contributed by atoms with Crippen molar-refractivity contribution in [2.24, 2.45) is 5.92 Å². The van der Waals surface area contributed by atoms with Crippen molar-refractivity contribution in [1.29, 1.82) is 0 Å². The fraction of sp³-hybridized carbons (Fsp3) is 0.163. The summed E-state index contributed by atoms with van der Waals surface area (Å²) in [6, 6.07) is 14.3. The lowest BCUT2D eigenvalue weighted by Crippen LogP contribution is -2.81. The predicted octanol–water partition coefficient (Wildman–Crippen LogP) is 9.63. The Labute approximate surface area is 357 Å². The van der Waals surface area contributed by atoms with Crippen molar-refractivity contribution >= 4 is 33.8 Å². The average Bonchev–Trinajstić information content (AvgIpc) is 3.32. The molecule has 0 atom stereocenters. The summed E-state index contributed by atoms with van der Waals surface area (Å²) < 4.78 is 296. The van der Waals surface area contributed by atoms with Gasteiger partial charge in [-0.3, -0.25) is 4.79 Å². The molecule has 23 heteroatoms. The number of nitrogens with zero attached hydrogens (tertiary/aromatic N) is 1. The van der Waals surface area contributed by atoms with Crippen LogP contribution in [0.3, 0.4) is 0 Å². The Balaban J connectivity index is 0.000000284. The predicted molar refractivity (Wildman–Crippen MR) is 192 cm³/mol. The third kappa shape index (κ3) is 8.02. The van der Waals surface area contributed by atoms with E-state index in [1.165, 1.54) is 24.8 Å². The second kappa shape index (κ2) is 18.8. The van der Waals surface area contributed by atoms with Crippen molar-refractivity contribution in [1.82, 2.24) is 0 Å². The maximum atomic E-state index is 15.4. The molecule has 1 heterocycles. The van der Waals surface area contributed by atoms with E-state index in [9.17, 15) is 57.5 Å². The van der Waals surface area contributed by atoms with Gasteiger partial charge in [0.15, 0.2) is 94.5 Å². The van der Waals surface area contributed by atoms with Crippen LogP contribution in [0.2, 0.25) is 0 Å². The molecule has 2 nitrogen and oxygen atoms in total. The number of rotatable bonds is 8. The van der Waals surface area contributed by atoms with Crippen LogP contribution in [0.5, 0.6) is 0 Å². The molecule has 1 aliphatic rings. The molecule has 0 spiro atoms. The van der Waals surface area contributed by atoms with Crippen LogP contribution in [0.15, 0.2) is 54.9 Å². The standard InChI is InChI=1S/C24BF20.C19H22NO/c26-5-1(6(27)14(35)21(42)13(5)34)25(2-7(28)15(36)22(43)16(37)8(2)29,3-9(30)17(38)23(44)18(39)10(3)31)4-11(32)19(40)24(45)20(41)12(4)33;21-19(17-9-5-2-6-10-17)18-11-13-20(14-12-18)15-16-7-3-1-4-8-16/h;1,3-4,7-8,11-14,17H,2,5-6,9-10,15H2/q-1;+1. The lowest BCUT2D eigenvalue weighted by molar-refractivity contribution is -0.688. The minimum Gasteiger partial charge on any atom is -0.294 e. The normalized spacial score (nSPS) is 13.2. The van der Waals surface area contributed by atoms with E-state index >= 15 is 35.1 Å². The van der Waals surface area contributed by atoms with Gasteiger partial charge in [-0.15, -0.1) is 21.9 Å². The summed E-state index contributed by atoms with van der Waals surface area (Å²) in [5, 5.41) is 0. The van der Waals surface area contributed by atoms with Gasteiger partial charge < -0.3 is 0 Å². The number of carbonyl (C=O) groups excluding carboxylic acids is 1. The first kappa shape index (κ1) is 49.0. The van der Waals surface area contributed by atoms with E-state index in [2.05, 4.69) is 28.8 Å². The highest BCUT2D eigenvalue weighted by Crippen LogP contribution is 2.31. The van der Waals surface area contributed by atoms with E-state index in [-0.39, 0.29) is 5.92 Å². The number of carbonyl (C=O) groups is 1. The molecule has 0 amide bonds. The molecule has 0 aliphatic heterocycles. The van der Waals surface area contributed by atoms with Gasteiger partial charge in [0.1, 0.15) is 52.7 Å². The number of pyridine rings is 1. The molecule has 0 bridgehead atoms. The van der Waals surface area contributed by atoms with Crippen molar-refractivity contribution in [2.75, 3.05) is 0 Å². The summed E-state index contributed by atoms with van der Waals surface area (Å²) >= 11 is 0. The summed E-state index contributed by atoms with van der Waals surface area (Å²) in [6.07, 6.45) is 2.65. The van der Waals surface area contributed by atoms with Gasteiger partial charge in [-0.25, -0.2) is 92.4 Å². The summed E-state index contributed by atoms with van der Waals surface area (Å²) in [6.45, 7) is 0.846. The third-order valence-corrected chi connectivity index (χ3v) is 11.1. The summed E-state index contributed by atoms with van der Waals surface area (Å²) in [4.78, 5) is 12.5. The monoisotopic (exact) mass is 959 g/mol. The Kier molecular flexibility index (Phi) is 14.0. The molecule has 0 unspecified atom stereocenters. The summed E-state index contributed by atoms with van der Waals surface area (Å²) in [7, 11) is 0. The molecule has 6 aromatic rings. The van der Waals surface area contributed by atoms with Crippen LogP contribution in [0.4, 0.5) is 87.8 Å². The van der Waals surface area contributed by atoms with Gasteiger partial charge in [-0.2, -0.15) is 0 Å². The molecule has 1 aliphatic carbocycles. The minimum absolute atomic E-state index is 0.253. The van der Waals surface area contributed by atoms with Crippen LogP contribution in [0.25, 0.3) is 0 Å². The second-order valence-electron chi connectivity index (χ2n) is 14.7. The Morgan fingerprint density at radius 1 is 0.394 bits per heavy atom. The maximum Gasteiger partial charge on any atom is 0.200 e. The van der Waals surface area contributed by atoms with Crippen LogP contribution < -0.4 is 26.4 Å². The number of hydrogen-bond acceptors (Lipinski definition) is 1. The van der Waals surface area contributed by atoms with Crippen molar-refractivity contribution in [3.63, 3.8) is 0 Å². The zero-order valence-corrected chi connectivity index (χ0v) is 32.5. The molecule has 1 saturated carbocycles. The fourth-order valence-corrected chi connectivity index (χ4v) is 8.00. The molecule has 1 fully saturated rings. The minimum atomic E-state index is -7.22. The zero-order chi connectivity index (χ0) is 48.8. The Morgan fingerprint density at radius 2 is 0.667 bits per heavy atom. The average molecular weight is 959 g/mol. The van der Waals surface area contributed by atoms with Gasteiger partial charge >= 0.3 is 0 Å². The van der Waals surface area contributed by atoms with Crippen LogP contribution in [0, 0.1) is 122 Å². The molecule has 0 N–H and O–H groups in total. The number of Topliss-reactive ketones (excluding diaryl/α,β-unsaturated/α-hetero) is 1. The molecule has 1 aromatic heterocycles. The first-order valence-corrected chi connectivity index (χ1v) is 18.8. The van der Waals surface area contributed by atoms with Crippen molar-refractivity contribution < 1.29 is 97.2 Å². The lowest BCUT2D eigenvalue weighted by atomic mass is 9.12. The van der Waals surface area contributed by atoms with Gasteiger partial charge in [-0.1, -0.05) is 49.6 Å². The second-order valence-corrected chi connectivity index (χ2v) is 14.7. The Bertz CT molecular complexity index is 2510. The molecule has 66 heavy (non-hydrogen) atoms. The van der Waals surface area contributed by atoms with E-state index in [0.29, 0.717) is 5.78 Å². The topological polar surface area (TPSA) is 20.9 Å². The lowest BCUT2D eigenvalue weighted by Gasteiger charge is -2.44. The fourth-order valence-electron chi connectivity index (χ4n) is 8.00. The van der Waals surface area contributed by atoms with Crippen molar-refractivity contribution in [2.45, 2.75) is 38.6 Å². The van der Waals surface area contributed by atoms with Crippen LogP contribution >= 0.6 is 0 Å². The quantitative estimate of drug-likeness (QED) is 0.0372. The van der Waals surface area contributed by atoms with Crippen molar-refractivity contribution in [3.05, 3.63) is 182 Å². The Hall–Kier alpha value is -6.42. The third-order valence-electron chi connectivity index (χ3n) is 11.1. The van der Waals surface area contributed by atoms with E-state index in [1.54, 1.807) is 0 Å². The molecule has 0 saturated heterocycles. The molecular formula is C43H22BF20NO. The van der Waals surface area contributed by atoms with Crippen molar-refractivity contribution in [3.8, 4) is 0 Å². The summed E-state index contributed by atoms with van der Waals surface area (Å²) in [5.41, 5.74) is -12.2. The largest absolute Gasteiger partial charge is 0.294 e. The van der Waals surface area contributed by atoms with Gasteiger partial charge in [0.05, 0.1) is 0 Å². The molecule has 0 radical (unpaired) electrons.